The maximum atomic E-state index is 12.4. The van der Waals surface area contributed by atoms with Crippen LogP contribution in [0, 0.1) is 0 Å². The number of amides is 4. The summed E-state index contributed by atoms with van der Waals surface area (Å²) in [5.41, 5.74) is -0.112. The fourth-order valence-electron chi connectivity index (χ4n) is 2.60. The number of aromatic carboxylic acids is 1. The molecule has 2 heterocycles. The molecule has 0 bridgehead atoms. The van der Waals surface area contributed by atoms with Crippen LogP contribution in [0.2, 0.25) is 0 Å². The van der Waals surface area contributed by atoms with Crippen LogP contribution >= 0.6 is 0 Å². The molecule has 1 aromatic rings. The van der Waals surface area contributed by atoms with Gasteiger partial charge in [-0.05, 0) is 24.6 Å². The summed E-state index contributed by atoms with van der Waals surface area (Å²) in [7, 11) is 0. The summed E-state index contributed by atoms with van der Waals surface area (Å²) in [6, 6.07) is 2.54. The van der Waals surface area contributed by atoms with E-state index in [0.717, 1.165) is 11.0 Å². The lowest BCUT2D eigenvalue weighted by Gasteiger charge is -2.27. The molecule has 0 spiro atoms. The summed E-state index contributed by atoms with van der Waals surface area (Å²) < 4.78 is 0. The summed E-state index contributed by atoms with van der Waals surface area (Å²) >= 11 is 0. The molecule has 0 aliphatic carbocycles. The first-order valence-electron chi connectivity index (χ1n) is 6.49. The second-order valence-corrected chi connectivity index (χ2v) is 5.01. The Labute approximate surface area is 123 Å². The van der Waals surface area contributed by atoms with E-state index in [2.05, 4.69) is 5.32 Å². The second-order valence-electron chi connectivity index (χ2n) is 5.01. The number of fused-ring (bicyclic) bond motifs is 1. The minimum Gasteiger partial charge on any atom is -0.478 e. The number of carbonyl (C=O) groups is 5. The van der Waals surface area contributed by atoms with E-state index in [1.807, 2.05) is 0 Å². The Bertz CT molecular complexity index is 754. The number of carboxylic acid groups (broad SMARTS) is 1. The first-order chi connectivity index (χ1) is 10.4. The number of nitrogens with zero attached hydrogens (tertiary/aromatic N) is 1. The van der Waals surface area contributed by atoms with Crippen LogP contribution < -0.4 is 5.32 Å². The molecule has 2 aliphatic heterocycles. The van der Waals surface area contributed by atoms with Gasteiger partial charge in [0.05, 0.1) is 16.7 Å². The number of carboxylic acids is 1. The average molecular weight is 302 g/mol. The second kappa shape index (κ2) is 4.76. The fourth-order valence-corrected chi connectivity index (χ4v) is 2.60. The summed E-state index contributed by atoms with van der Waals surface area (Å²) in [5, 5.41) is 11.0. The Kier molecular flexibility index (Phi) is 3.01. The van der Waals surface area contributed by atoms with Crippen LogP contribution in [0.25, 0.3) is 0 Å². The molecule has 4 amide bonds. The lowest BCUT2D eigenvalue weighted by Crippen LogP contribution is -2.54. The van der Waals surface area contributed by atoms with Gasteiger partial charge in [0.15, 0.2) is 0 Å². The minimum absolute atomic E-state index is 0.0319. The maximum absolute atomic E-state index is 12.4. The van der Waals surface area contributed by atoms with Crippen molar-refractivity contribution in [3.05, 3.63) is 34.9 Å². The van der Waals surface area contributed by atoms with Crippen molar-refractivity contribution in [2.24, 2.45) is 0 Å². The molecule has 1 saturated heterocycles. The highest BCUT2D eigenvalue weighted by Gasteiger charge is 2.44. The topological polar surface area (TPSA) is 121 Å². The van der Waals surface area contributed by atoms with Crippen molar-refractivity contribution in [3.8, 4) is 0 Å². The van der Waals surface area contributed by atoms with Crippen LogP contribution in [-0.4, -0.2) is 45.6 Å². The lowest BCUT2D eigenvalue weighted by atomic mass is 10.0. The van der Waals surface area contributed by atoms with E-state index in [-0.39, 0.29) is 29.5 Å². The third kappa shape index (κ3) is 1.96. The molecule has 1 atom stereocenters. The van der Waals surface area contributed by atoms with Crippen LogP contribution in [-0.2, 0) is 9.59 Å². The van der Waals surface area contributed by atoms with Crippen molar-refractivity contribution >= 4 is 29.6 Å². The van der Waals surface area contributed by atoms with Crippen LogP contribution in [0.1, 0.15) is 43.9 Å². The zero-order chi connectivity index (χ0) is 16.0. The molecular weight excluding hydrogens is 292 g/mol. The van der Waals surface area contributed by atoms with Gasteiger partial charge in [-0.2, -0.15) is 0 Å². The average Bonchev–Trinajstić information content (AvgIpc) is 2.71. The predicted octanol–water partition coefficient (Wildman–Crippen LogP) is -0.214. The Morgan fingerprint density at radius 2 is 1.82 bits per heavy atom. The third-order valence-corrected chi connectivity index (χ3v) is 3.69. The first kappa shape index (κ1) is 13.9. The van der Waals surface area contributed by atoms with Crippen LogP contribution in [0.15, 0.2) is 18.2 Å². The van der Waals surface area contributed by atoms with Gasteiger partial charge in [0.25, 0.3) is 11.8 Å². The maximum Gasteiger partial charge on any atom is 0.335 e. The van der Waals surface area contributed by atoms with E-state index in [1.165, 1.54) is 12.1 Å². The number of benzene rings is 1. The van der Waals surface area contributed by atoms with Gasteiger partial charge in [0.2, 0.25) is 11.8 Å². The molecule has 2 aliphatic rings. The standard InChI is InChI=1S/C14H10N2O6/c17-10-4-3-9(11(18)15-10)16-12(19)7-2-1-6(14(21)22)5-8(7)13(16)20/h1-2,5,9H,3-4H2,(H,21,22)(H,15,17,18)/t9-/m1/s1. The molecule has 1 fully saturated rings. The smallest absolute Gasteiger partial charge is 0.335 e. The highest BCUT2D eigenvalue weighted by molar-refractivity contribution is 6.23. The van der Waals surface area contributed by atoms with Crippen molar-refractivity contribution in [2.75, 3.05) is 0 Å². The molecule has 112 valence electrons. The van der Waals surface area contributed by atoms with Gasteiger partial charge in [-0.15, -0.1) is 0 Å². The zero-order valence-corrected chi connectivity index (χ0v) is 11.2. The number of carbonyl (C=O) groups excluding carboxylic acids is 4. The van der Waals surface area contributed by atoms with Crippen molar-refractivity contribution < 1.29 is 29.1 Å². The van der Waals surface area contributed by atoms with Crippen LogP contribution in [0.5, 0.6) is 0 Å². The number of hydrogen-bond acceptors (Lipinski definition) is 5. The molecule has 0 radical (unpaired) electrons. The van der Waals surface area contributed by atoms with Crippen molar-refractivity contribution in [2.45, 2.75) is 18.9 Å². The lowest BCUT2D eigenvalue weighted by molar-refractivity contribution is -0.136. The first-order valence-corrected chi connectivity index (χ1v) is 6.49. The Hall–Kier alpha value is -3.03. The van der Waals surface area contributed by atoms with E-state index in [0.29, 0.717) is 0 Å². The van der Waals surface area contributed by atoms with Crippen molar-refractivity contribution in [1.29, 1.82) is 0 Å². The fraction of sp³-hybridized carbons (Fsp3) is 0.214. The van der Waals surface area contributed by atoms with Crippen LogP contribution in [0.4, 0.5) is 0 Å². The molecule has 0 unspecified atom stereocenters. The predicted molar refractivity (Wildman–Crippen MR) is 70.1 cm³/mol. The Morgan fingerprint density at radius 1 is 1.14 bits per heavy atom. The number of piperidine rings is 1. The zero-order valence-electron chi connectivity index (χ0n) is 11.2. The van der Waals surface area contributed by atoms with E-state index in [9.17, 15) is 24.0 Å². The number of rotatable bonds is 2. The minimum atomic E-state index is -1.22. The number of imide groups is 2. The molecule has 0 aromatic heterocycles. The molecule has 1 aromatic carbocycles. The summed E-state index contributed by atoms with van der Waals surface area (Å²) in [6.45, 7) is 0. The molecule has 3 rings (SSSR count). The van der Waals surface area contributed by atoms with Crippen molar-refractivity contribution in [1.82, 2.24) is 10.2 Å². The summed E-state index contributed by atoms with van der Waals surface area (Å²) in [5.74, 6) is -3.76. The van der Waals surface area contributed by atoms with E-state index in [4.69, 9.17) is 5.11 Å². The molecule has 8 heteroatoms. The highest BCUT2D eigenvalue weighted by atomic mass is 16.4. The third-order valence-electron chi connectivity index (χ3n) is 3.69. The number of nitrogens with one attached hydrogen (secondary N) is 1. The molecular formula is C14H10N2O6. The van der Waals surface area contributed by atoms with Gasteiger partial charge in [-0.25, -0.2) is 4.79 Å². The van der Waals surface area contributed by atoms with Gasteiger partial charge in [-0.3, -0.25) is 29.4 Å². The number of hydrogen-bond donors (Lipinski definition) is 2. The molecule has 8 nitrogen and oxygen atoms in total. The van der Waals surface area contributed by atoms with Gasteiger partial charge < -0.3 is 5.11 Å². The van der Waals surface area contributed by atoms with Crippen LogP contribution in [0.3, 0.4) is 0 Å². The highest BCUT2D eigenvalue weighted by Crippen LogP contribution is 2.28. The van der Waals surface area contributed by atoms with Gasteiger partial charge in [-0.1, -0.05) is 0 Å². The largest absolute Gasteiger partial charge is 0.478 e. The van der Waals surface area contributed by atoms with E-state index < -0.39 is 35.6 Å². The SMILES string of the molecule is O=C1CC[C@@H](N2C(=O)c3ccc(C(=O)O)cc3C2=O)C(=O)N1. The van der Waals surface area contributed by atoms with E-state index in [1.54, 1.807) is 0 Å². The quantitative estimate of drug-likeness (QED) is 0.729. The summed E-state index contributed by atoms with van der Waals surface area (Å²) in [6.07, 6.45) is 0.0894. The van der Waals surface area contributed by atoms with Crippen molar-refractivity contribution in [3.63, 3.8) is 0 Å². The Morgan fingerprint density at radius 3 is 2.45 bits per heavy atom. The monoisotopic (exact) mass is 302 g/mol. The van der Waals surface area contributed by atoms with Gasteiger partial charge >= 0.3 is 5.97 Å². The molecule has 2 N–H and O–H groups in total. The summed E-state index contributed by atoms with van der Waals surface area (Å²) in [4.78, 5) is 59.4. The Balaban J connectivity index is 1.98. The molecule has 22 heavy (non-hydrogen) atoms. The van der Waals surface area contributed by atoms with E-state index >= 15 is 0 Å². The molecule has 0 saturated carbocycles. The normalized spacial score (nSPS) is 20.9. The van der Waals surface area contributed by atoms with Gasteiger partial charge in [0.1, 0.15) is 6.04 Å². The van der Waals surface area contributed by atoms with Gasteiger partial charge in [0, 0.05) is 6.42 Å².